The van der Waals surface area contributed by atoms with Gasteiger partial charge in [0.05, 0.1) is 0 Å². The fourth-order valence-electron chi connectivity index (χ4n) is 2.97. The number of likely N-dealkylation sites (tertiary alicyclic amines) is 1. The highest BCUT2D eigenvalue weighted by atomic mass is 35.5. The van der Waals surface area contributed by atoms with Crippen LogP contribution in [0, 0.1) is 0 Å². The molecule has 2 amide bonds. The molecule has 0 aromatic rings. The van der Waals surface area contributed by atoms with Crippen molar-refractivity contribution in [3.8, 4) is 0 Å². The van der Waals surface area contributed by atoms with Crippen LogP contribution in [-0.2, 0) is 9.59 Å². The van der Waals surface area contributed by atoms with E-state index in [1.54, 1.807) is 4.90 Å². The summed E-state index contributed by atoms with van der Waals surface area (Å²) in [5.74, 6) is 0.148. The van der Waals surface area contributed by atoms with Crippen LogP contribution in [0.3, 0.4) is 0 Å². The van der Waals surface area contributed by atoms with Crippen LogP contribution >= 0.6 is 12.4 Å². The standard InChI is InChI=1S/C14H25N3O2.ClH/c1-2-5-13(18)17-9-4-7-12(17)14(19)16-10-11-6-3-8-15-11;/h11-12,15H,2-10H2,1H3,(H,16,19);1H. The lowest BCUT2D eigenvalue weighted by Gasteiger charge is -2.24. The monoisotopic (exact) mass is 303 g/mol. The van der Waals surface area contributed by atoms with Crippen molar-refractivity contribution in [1.29, 1.82) is 0 Å². The van der Waals surface area contributed by atoms with E-state index in [2.05, 4.69) is 10.6 Å². The van der Waals surface area contributed by atoms with Crippen molar-refractivity contribution in [3.05, 3.63) is 0 Å². The summed E-state index contributed by atoms with van der Waals surface area (Å²) in [4.78, 5) is 25.9. The predicted molar refractivity (Wildman–Crippen MR) is 80.9 cm³/mol. The number of hydrogen-bond donors (Lipinski definition) is 2. The zero-order chi connectivity index (χ0) is 13.7. The first kappa shape index (κ1) is 17.2. The predicted octanol–water partition coefficient (Wildman–Crippen LogP) is 1.07. The molecule has 0 saturated carbocycles. The first-order valence-electron chi connectivity index (χ1n) is 7.53. The minimum absolute atomic E-state index is 0. The summed E-state index contributed by atoms with van der Waals surface area (Å²) in [6.07, 6.45) is 5.45. The van der Waals surface area contributed by atoms with Crippen LogP contribution in [0.1, 0.15) is 45.4 Å². The van der Waals surface area contributed by atoms with Gasteiger partial charge in [0.1, 0.15) is 6.04 Å². The lowest BCUT2D eigenvalue weighted by atomic mass is 10.1. The van der Waals surface area contributed by atoms with Gasteiger partial charge in [0, 0.05) is 25.6 Å². The van der Waals surface area contributed by atoms with Crippen LogP contribution in [0.25, 0.3) is 0 Å². The van der Waals surface area contributed by atoms with Gasteiger partial charge in [-0.2, -0.15) is 0 Å². The third kappa shape index (κ3) is 4.35. The zero-order valence-corrected chi connectivity index (χ0v) is 13.0. The molecule has 0 aromatic carbocycles. The largest absolute Gasteiger partial charge is 0.353 e. The maximum atomic E-state index is 12.2. The minimum atomic E-state index is -0.236. The molecular formula is C14H26ClN3O2. The number of nitrogens with zero attached hydrogens (tertiary/aromatic N) is 1. The normalized spacial score (nSPS) is 25.4. The van der Waals surface area contributed by atoms with E-state index in [1.165, 1.54) is 6.42 Å². The molecule has 2 fully saturated rings. The highest BCUT2D eigenvalue weighted by Gasteiger charge is 2.33. The molecule has 0 radical (unpaired) electrons. The molecule has 2 heterocycles. The van der Waals surface area contributed by atoms with Crippen molar-refractivity contribution in [2.24, 2.45) is 0 Å². The van der Waals surface area contributed by atoms with E-state index in [0.717, 1.165) is 38.8 Å². The highest BCUT2D eigenvalue weighted by Crippen LogP contribution is 2.19. The van der Waals surface area contributed by atoms with Gasteiger partial charge in [-0.25, -0.2) is 0 Å². The fraction of sp³-hybridized carbons (Fsp3) is 0.857. The van der Waals surface area contributed by atoms with Crippen LogP contribution in [0.15, 0.2) is 0 Å². The summed E-state index contributed by atoms with van der Waals surface area (Å²) in [5.41, 5.74) is 0. The van der Waals surface area contributed by atoms with Crippen molar-refractivity contribution in [3.63, 3.8) is 0 Å². The Hall–Kier alpha value is -0.810. The van der Waals surface area contributed by atoms with E-state index in [-0.39, 0.29) is 30.3 Å². The van der Waals surface area contributed by atoms with Crippen molar-refractivity contribution >= 4 is 24.2 Å². The Morgan fingerprint density at radius 2 is 2.10 bits per heavy atom. The Morgan fingerprint density at radius 1 is 1.30 bits per heavy atom. The molecule has 0 aromatic heterocycles. The van der Waals surface area contributed by atoms with Gasteiger partial charge in [0.2, 0.25) is 11.8 Å². The molecule has 5 nitrogen and oxygen atoms in total. The topological polar surface area (TPSA) is 61.4 Å². The maximum Gasteiger partial charge on any atom is 0.242 e. The number of halogens is 1. The second-order valence-electron chi connectivity index (χ2n) is 5.53. The summed E-state index contributed by atoms with van der Waals surface area (Å²) in [6.45, 7) is 4.46. The molecule has 0 aliphatic carbocycles. The van der Waals surface area contributed by atoms with Gasteiger partial charge in [0.15, 0.2) is 0 Å². The second-order valence-corrected chi connectivity index (χ2v) is 5.53. The molecular weight excluding hydrogens is 278 g/mol. The Bertz CT molecular complexity index is 332. The van der Waals surface area contributed by atoms with E-state index in [9.17, 15) is 9.59 Å². The summed E-state index contributed by atoms with van der Waals surface area (Å²) >= 11 is 0. The van der Waals surface area contributed by atoms with E-state index >= 15 is 0 Å². The molecule has 2 N–H and O–H groups in total. The van der Waals surface area contributed by atoms with Gasteiger partial charge in [-0.15, -0.1) is 12.4 Å². The molecule has 2 atom stereocenters. The number of rotatable bonds is 5. The molecule has 2 aliphatic rings. The lowest BCUT2D eigenvalue weighted by Crippen LogP contribution is -2.48. The minimum Gasteiger partial charge on any atom is -0.353 e. The maximum absolute atomic E-state index is 12.2. The Kier molecular flexibility index (Phi) is 7.30. The number of hydrogen-bond acceptors (Lipinski definition) is 3. The van der Waals surface area contributed by atoms with E-state index in [1.807, 2.05) is 6.92 Å². The first-order chi connectivity index (χ1) is 9.22. The average Bonchev–Trinajstić information content (AvgIpc) is 3.07. The van der Waals surface area contributed by atoms with Crippen LogP contribution in [0.5, 0.6) is 0 Å². The van der Waals surface area contributed by atoms with E-state index in [0.29, 0.717) is 19.0 Å². The summed E-state index contributed by atoms with van der Waals surface area (Å²) in [5, 5.41) is 6.36. The number of amides is 2. The average molecular weight is 304 g/mol. The van der Waals surface area contributed by atoms with Crippen molar-refractivity contribution < 1.29 is 9.59 Å². The van der Waals surface area contributed by atoms with Gasteiger partial charge in [0.25, 0.3) is 0 Å². The SMILES string of the molecule is CCCC(=O)N1CCCC1C(=O)NCC1CCCN1.Cl. The summed E-state index contributed by atoms with van der Waals surface area (Å²) in [7, 11) is 0. The van der Waals surface area contributed by atoms with Crippen LogP contribution in [0.4, 0.5) is 0 Å². The molecule has 116 valence electrons. The number of nitrogens with one attached hydrogen (secondary N) is 2. The Morgan fingerprint density at radius 3 is 2.75 bits per heavy atom. The smallest absolute Gasteiger partial charge is 0.242 e. The molecule has 2 rings (SSSR count). The molecule has 20 heavy (non-hydrogen) atoms. The highest BCUT2D eigenvalue weighted by molar-refractivity contribution is 5.88. The van der Waals surface area contributed by atoms with Crippen LogP contribution < -0.4 is 10.6 Å². The number of carbonyl (C=O) groups is 2. The molecule has 2 saturated heterocycles. The first-order valence-corrected chi connectivity index (χ1v) is 7.53. The Balaban J connectivity index is 0.00000200. The third-order valence-corrected chi connectivity index (χ3v) is 4.02. The lowest BCUT2D eigenvalue weighted by molar-refractivity contribution is -0.138. The van der Waals surface area contributed by atoms with Crippen molar-refractivity contribution in [2.75, 3.05) is 19.6 Å². The van der Waals surface area contributed by atoms with Gasteiger partial charge in [-0.05, 0) is 38.6 Å². The van der Waals surface area contributed by atoms with Gasteiger partial charge in [-0.3, -0.25) is 9.59 Å². The van der Waals surface area contributed by atoms with E-state index < -0.39 is 0 Å². The van der Waals surface area contributed by atoms with Gasteiger partial charge >= 0.3 is 0 Å². The molecule has 2 aliphatic heterocycles. The van der Waals surface area contributed by atoms with Crippen LogP contribution in [0.2, 0.25) is 0 Å². The van der Waals surface area contributed by atoms with Crippen LogP contribution in [-0.4, -0.2) is 48.4 Å². The van der Waals surface area contributed by atoms with Gasteiger partial charge in [-0.1, -0.05) is 6.92 Å². The molecule has 6 heteroatoms. The van der Waals surface area contributed by atoms with Gasteiger partial charge < -0.3 is 15.5 Å². The van der Waals surface area contributed by atoms with E-state index in [4.69, 9.17) is 0 Å². The third-order valence-electron chi connectivity index (χ3n) is 4.02. The zero-order valence-electron chi connectivity index (χ0n) is 12.2. The molecule has 2 unspecified atom stereocenters. The fourth-order valence-corrected chi connectivity index (χ4v) is 2.97. The Labute approximate surface area is 127 Å². The molecule has 0 spiro atoms. The van der Waals surface area contributed by atoms with Crippen molar-refractivity contribution in [2.45, 2.75) is 57.5 Å². The second kappa shape index (κ2) is 8.47. The molecule has 0 bridgehead atoms. The summed E-state index contributed by atoms with van der Waals surface area (Å²) < 4.78 is 0. The quantitative estimate of drug-likeness (QED) is 0.798. The summed E-state index contributed by atoms with van der Waals surface area (Å²) in [6, 6.07) is 0.172. The van der Waals surface area contributed by atoms with Crippen molar-refractivity contribution in [1.82, 2.24) is 15.5 Å². The number of carbonyl (C=O) groups excluding carboxylic acids is 2.